The highest BCUT2D eigenvalue weighted by Gasteiger charge is 2.02. The zero-order valence-corrected chi connectivity index (χ0v) is 9.42. The van der Waals surface area contributed by atoms with Crippen LogP contribution in [0.5, 0.6) is 0 Å². The molecule has 2 aromatic carbocycles. The summed E-state index contributed by atoms with van der Waals surface area (Å²) in [5.74, 6) is 0. The molecule has 0 atom stereocenters. The van der Waals surface area contributed by atoms with Crippen molar-refractivity contribution in [3.05, 3.63) is 48.5 Å². The number of hydrogen-bond acceptors (Lipinski definition) is 2. The largest absolute Gasteiger partial charge is 0.399 e. The van der Waals surface area contributed by atoms with E-state index in [-0.39, 0.29) is 0 Å². The van der Waals surface area contributed by atoms with Gasteiger partial charge in [0.25, 0.3) is 0 Å². The third kappa shape index (κ3) is 2.16. The van der Waals surface area contributed by atoms with Crippen LogP contribution in [0.15, 0.2) is 53.4 Å². The van der Waals surface area contributed by atoms with Crippen molar-refractivity contribution in [3.63, 3.8) is 0 Å². The fourth-order valence-corrected chi connectivity index (χ4v) is 2.17. The summed E-state index contributed by atoms with van der Waals surface area (Å²) in [5, 5.41) is 0. The van der Waals surface area contributed by atoms with Gasteiger partial charge in [-0.1, -0.05) is 30.3 Å². The molecule has 0 aliphatic heterocycles. The fourth-order valence-electron chi connectivity index (χ4n) is 1.55. The lowest BCUT2D eigenvalue weighted by Crippen LogP contribution is -1.85. The lowest BCUT2D eigenvalue weighted by atomic mass is 10.1. The molecule has 15 heavy (non-hydrogen) atoms. The van der Waals surface area contributed by atoms with Crippen LogP contribution < -0.4 is 5.73 Å². The maximum absolute atomic E-state index is 5.67. The van der Waals surface area contributed by atoms with Crippen LogP contribution in [0.3, 0.4) is 0 Å². The number of hydrogen-bond donors (Lipinski definition) is 1. The average Bonchev–Trinajstić information content (AvgIpc) is 2.30. The Morgan fingerprint density at radius 1 is 0.933 bits per heavy atom. The Labute approximate surface area is 94.3 Å². The second kappa shape index (κ2) is 4.41. The van der Waals surface area contributed by atoms with E-state index in [9.17, 15) is 0 Å². The molecule has 2 rings (SSSR count). The minimum atomic E-state index is 0.806. The molecule has 0 saturated carbocycles. The number of thioether (sulfide) groups is 1. The van der Waals surface area contributed by atoms with Gasteiger partial charge in [-0.2, -0.15) is 0 Å². The molecule has 0 aromatic heterocycles. The van der Waals surface area contributed by atoms with Crippen molar-refractivity contribution < 1.29 is 0 Å². The van der Waals surface area contributed by atoms with E-state index in [0.717, 1.165) is 5.69 Å². The first-order valence-corrected chi connectivity index (χ1v) is 6.02. The Kier molecular flexibility index (Phi) is 2.97. The van der Waals surface area contributed by atoms with E-state index in [1.807, 2.05) is 12.1 Å². The van der Waals surface area contributed by atoms with Crippen molar-refractivity contribution >= 4 is 17.4 Å². The lowest BCUT2D eigenvalue weighted by Gasteiger charge is -2.07. The zero-order valence-electron chi connectivity index (χ0n) is 8.60. The van der Waals surface area contributed by atoms with E-state index in [2.05, 4.69) is 42.7 Å². The number of anilines is 1. The van der Waals surface area contributed by atoms with Crippen LogP contribution in [-0.4, -0.2) is 6.26 Å². The Balaban J connectivity index is 2.49. The summed E-state index contributed by atoms with van der Waals surface area (Å²) < 4.78 is 0. The van der Waals surface area contributed by atoms with Crippen molar-refractivity contribution in [1.82, 2.24) is 0 Å². The first-order valence-electron chi connectivity index (χ1n) is 4.80. The SMILES string of the molecule is CSc1ccccc1-c1ccc(N)cc1. The molecule has 0 unspecified atom stereocenters. The molecule has 2 N–H and O–H groups in total. The monoisotopic (exact) mass is 215 g/mol. The Hall–Kier alpha value is -1.41. The normalized spacial score (nSPS) is 10.2. The smallest absolute Gasteiger partial charge is 0.0314 e. The molecule has 0 amide bonds. The van der Waals surface area contributed by atoms with Crippen LogP contribution in [0, 0.1) is 0 Å². The van der Waals surface area contributed by atoms with E-state index >= 15 is 0 Å². The van der Waals surface area contributed by atoms with Crippen molar-refractivity contribution in [2.75, 3.05) is 12.0 Å². The predicted octanol–water partition coefficient (Wildman–Crippen LogP) is 3.66. The summed E-state index contributed by atoms with van der Waals surface area (Å²) in [6, 6.07) is 16.4. The number of nitrogen functional groups attached to an aromatic ring is 1. The topological polar surface area (TPSA) is 26.0 Å². The molecular formula is C13H13NS. The average molecular weight is 215 g/mol. The van der Waals surface area contributed by atoms with Gasteiger partial charge in [0, 0.05) is 10.6 Å². The lowest BCUT2D eigenvalue weighted by molar-refractivity contribution is 1.45. The highest BCUT2D eigenvalue weighted by atomic mass is 32.2. The molecule has 0 spiro atoms. The van der Waals surface area contributed by atoms with Gasteiger partial charge in [0.05, 0.1) is 0 Å². The predicted molar refractivity (Wildman–Crippen MR) is 68.1 cm³/mol. The van der Waals surface area contributed by atoms with Crippen molar-refractivity contribution in [2.24, 2.45) is 0 Å². The molecule has 0 aliphatic carbocycles. The minimum Gasteiger partial charge on any atom is -0.399 e. The third-order valence-electron chi connectivity index (χ3n) is 2.33. The summed E-state index contributed by atoms with van der Waals surface area (Å²) in [4.78, 5) is 1.29. The summed E-state index contributed by atoms with van der Waals surface area (Å²) in [5.41, 5.74) is 8.96. The third-order valence-corrected chi connectivity index (χ3v) is 3.12. The molecule has 0 aliphatic rings. The molecule has 0 fully saturated rings. The second-order valence-electron chi connectivity index (χ2n) is 3.32. The molecular weight excluding hydrogens is 202 g/mol. The number of benzene rings is 2. The fraction of sp³-hybridized carbons (Fsp3) is 0.0769. The molecule has 0 bridgehead atoms. The standard InChI is InChI=1S/C13H13NS/c1-15-13-5-3-2-4-12(13)10-6-8-11(14)9-7-10/h2-9H,14H2,1H3. The summed E-state index contributed by atoms with van der Waals surface area (Å²) in [6.07, 6.45) is 2.09. The summed E-state index contributed by atoms with van der Waals surface area (Å²) >= 11 is 1.76. The van der Waals surface area contributed by atoms with Crippen molar-refractivity contribution in [1.29, 1.82) is 0 Å². The van der Waals surface area contributed by atoms with Crippen LogP contribution >= 0.6 is 11.8 Å². The van der Waals surface area contributed by atoms with E-state index in [0.29, 0.717) is 0 Å². The van der Waals surface area contributed by atoms with Gasteiger partial charge in [0.2, 0.25) is 0 Å². The molecule has 1 nitrogen and oxygen atoms in total. The Morgan fingerprint density at radius 2 is 1.60 bits per heavy atom. The number of nitrogens with two attached hydrogens (primary N) is 1. The minimum absolute atomic E-state index is 0.806. The molecule has 2 heteroatoms. The summed E-state index contributed by atoms with van der Waals surface area (Å²) in [6.45, 7) is 0. The van der Waals surface area contributed by atoms with Crippen LogP contribution in [0.4, 0.5) is 5.69 Å². The van der Waals surface area contributed by atoms with E-state index in [1.165, 1.54) is 16.0 Å². The van der Waals surface area contributed by atoms with Gasteiger partial charge < -0.3 is 5.73 Å². The molecule has 76 valence electrons. The van der Waals surface area contributed by atoms with Gasteiger partial charge in [-0.05, 0) is 35.6 Å². The van der Waals surface area contributed by atoms with E-state index < -0.39 is 0 Å². The molecule has 0 heterocycles. The first kappa shape index (κ1) is 10.1. The Bertz CT molecular complexity index is 448. The highest BCUT2D eigenvalue weighted by molar-refractivity contribution is 7.98. The zero-order chi connectivity index (χ0) is 10.7. The van der Waals surface area contributed by atoms with Gasteiger partial charge in [-0.3, -0.25) is 0 Å². The van der Waals surface area contributed by atoms with Gasteiger partial charge >= 0.3 is 0 Å². The van der Waals surface area contributed by atoms with Gasteiger partial charge in [-0.25, -0.2) is 0 Å². The first-order chi connectivity index (χ1) is 7.31. The maximum atomic E-state index is 5.67. The quantitative estimate of drug-likeness (QED) is 0.611. The van der Waals surface area contributed by atoms with Crippen molar-refractivity contribution in [2.45, 2.75) is 4.90 Å². The molecule has 0 saturated heterocycles. The van der Waals surface area contributed by atoms with Crippen LogP contribution in [0.1, 0.15) is 0 Å². The van der Waals surface area contributed by atoms with Gasteiger partial charge in [0.15, 0.2) is 0 Å². The summed E-state index contributed by atoms with van der Waals surface area (Å²) in [7, 11) is 0. The van der Waals surface area contributed by atoms with E-state index in [1.54, 1.807) is 11.8 Å². The maximum Gasteiger partial charge on any atom is 0.0314 e. The van der Waals surface area contributed by atoms with Crippen LogP contribution in [-0.2, 0) is 0 Å². The Morgan fingerprint density at radius 3 is 2.27 bits per heavy atom. The molecule has 0 radical (unpaired) electrons. The second-order valence-corrected chi connectivity index (χ2v) is 4.17. The molecule has 2 aromatic rings. The van der Waals surface area contributed by atoms with Gasteiger partial charge in [-0.15, -0.1) is 11.8 Å². The van der Waals surface area contributed by atoms with Crippen LogP contribution in [0.25, 0.3) is 11.1 Å². The van der Waals surface area contributed by atoms with E-state index in [4.69, 9.17) is 5.73 Å². The number of rotatable bonds is 2. The van der Waals surface area contributed by atoms with Gasteiger partial charge in [0.1, 0.15) is 0 Å². The van der Waals surface area contributed by atoms with Crippen LogP contribution in [0.2, 0.25) is 0 Å². The highest BCUT2D eigenvalue weighted by Crippen LogP contribution is 2.30. The van der Waals surface area contributed by atoms with Crippen molar-refractivity contribution in [3.8, 4) is 11.1 Å².